The van der Waals surface area contributed by atoms with Crippen LogP contribution in [0.4, 0.5) is 5.69 Å². The molecule has 25 heavy (non-hydrogen) atoms. The molecule has 2 aromatic heterocycles. The molecule has 1 aliphatic heterocycles. The molecule has 0 bridgehead atoms. The Hall–Kier alpha value is -2.73. The summed E-state index contributed by atoms with van der Waals surface area (Å²) in [4.78, 5) is 24.6. The van der Waals surface area contributed by atoms with E-state index in [4.69, 9.17) is 4.74 Å². The summed E-state index contributed by atoms with van der Waals surface area (Å²) in [6.45, 7) is 2.70. The molecule has 6 nitrogen and oxygen atoms in total. The molecule has 0 saturated carbocycles. The van der Waals surface area contributed by atoms with Gasteiger partial charge < -0.3 is 15.0 Å². The topological polar surface area (TPSA) is 79.9 Å². The van der Waals surface area contributed by atoms with Crippen LogP contribution in [0.25, 0.3) is 22.6 Å². The van der Waals surface area contributed by atoms with Crippen molar-refractivity contribution in [3.05, 3.63) is 42.6 Å². The standard InChI is InChI=1S/C19H20N4O2/c1-12-14(5-4-10-25-12)19(24)21-13-7-8-15-17(11-13)23-18(22-15)16-6-2-3-9-20-16/h2-3,6-9,11-12,14H,4-5,10H2,1H3,(H,21,24)(H,22,23). The second kappa shape index (κ2) is 6.64. The van der Waals surface area contributed by atoms with Crippen LogP contribution in [0.1, 0.15) is 19.8 Å². The fraction of sp³-hybridized carbons (Fsp3) is 0.316. The third-order valence-corrected chi connectivity index (χ3v) is 4.60. The first-order valence-electron chi connectivity index (χ1n) is 8.54. The lowest BCUT2D eigenvalue weighted by atomic mass is 9.94. The number of anilines is 1. The van der Waals surface area contributed by atoms with Gasteiger partial charge in [-0.2, -0.15) is 0 Å². The van der Waals surface area contributed by atoms with Crippen LogP contribution in [-0.2, 0) is 9.53 Å². The summed E-state index contributed by atoms with van der Waals surface area (Å²) >= 11 is 0. The van der Waals surface area contributed by atoms with E-state index in [0.29, 0.717) is 5.82 Å². The van der Waals surface area contributed by atoms with Gasteiger partial charge in [0, 0.05) is 18.5 Å². The Bertz CT molecular complexity index is 891. The number of hydrogen-bond acceptors (Lipinski definition) is 4. The summed E-state index contributed by atoms with van der Waals surface area (Å²) in [5.41, 5.74) is 3.25. The van der Waals surface area contributed by atoms with Crippen molar-refractivity contribution in [1.29, 1.82) is 0 Å². The molecule has 0 radical (unpaired) electrons. The number of nitrogens with zero attached hydrogens (tertiary/aromatic N) is 2. The van der Waals surface area contributed by atoms with Crippen LogP contribution in [0, 0.1) is 5.92 Å². The van der Waals surface area contributed by atoms with Gasteiger partial charge in [-0.1, -0.05) is 6.07 Å². The normalized spacial score (nSPS) is 20.5. The van der Waals surface area contributed by atoms with Crippen molar-refractivity contribution in [2.24, 2.45) is 5.92 Å². The lowest BCUT2D eigenvalue weighted by molar-refractivity contribution is -0.127. The van der Waals surface area contributed by atoms with Gasteiger partial charge in [0.1, 0.15) is 5.69 Å². The molecule has 3 aromatic rings. The number of hydrogen-bond donors (Lipinski definition) is 2. The molecule has 4 rings (SSSR count). The number of amides is 1. The van der Waals surface area contributed by atoms with E-state index in [-0.39, 0.29) is 17.9 Å². The van der Waals surface area contributed by atoms with E-state index in [2.05, 4.69) is 20.3 Å². The second-order valence-corrected chi connectivity index (χ2v) is 6.35. The molecule has 6 heteroatoms. The molecule has 2 N–H and O–H groups in total. The number of aromatic amines is 1. The number of pyridine rings is 1. The molecule has 0 spiro atoms. The molecule has 1 saturated heterocycles. The summed E-state index contributed by atoms with van der Waals surface area (Å²) in [6, 6.07) is 11.4. The van der Waals surface area contributed by atoms with Crippen LogP contribution in [0.15, 0.2) is 42.6 Å². The van der Waals surface area contributed by atoms with Gasteiger partial charge in [-0.25, -0.2) is 4.98 Å². The van der Waals surface area contributed by atoms with Crippen molar-refractivity contribution in [2.75, 3.05) is 11.9 Å². The molecule has 128 valence electrons. The average Bonchev–Trinajstić information content (AvgIpc) is 3.06. The number of nitrogens with one attached hydrogen (secondary N) is 2. The van der Waals surface area contributed by atoms with Crippen LogP contribution in [0.2, 0.25) is 0 Å². The smallest absolute Gasteiger partial charge is 0.230 e. The van der Waals surface area contributed by atoms with Crippen LogP contribution < -0.4 is 5.32 Å². The molecular weight excluding hydrogens is 316 g/mol. The Kier molecular flexibility index (Phi) is 4.19. The minimum absolute atomic E-state index is 0.0102. The summed E-state index contributed by atoms with van der Waals surface area (Å²) in [7, 11) is 0. The minimum atomic E-state index is -0.102. The van der Waals surface area contributed by atoms with Crippen LogP contribution in [0.3, 0.4) is 0 Å². The Morgan fingerprint density at radius 2 is 2.24 bits per heavy atom. The van der Waals surface area contributed by atoms with Crippen molar-refractivity contribution in [1.82, 2.24) is 15.0 Å². The third-order valence-electron chi connectivity index (χ3n) is 4.60. The number of carbonyl (C=O) groups excluding carboxylic acids is 1. The van der Waals surface area contributed by atoms with Gasteiger partial charge in [0.2, 0.25) is 5.91 Å². The first-order valence-corrected chi connectivity index (χ1v) is 8.54. The van der Waals surface area contributed by atoms with Gasteiger partial charge in [0.15, 0.2) is 5.82 Å². The quantitative estimate of drug-likeness (QED) is 0.768. The fourth-order valence-electron chi connectivity index (χ4n) is 3.21. The number of aromatic nitrogens is 3. The lowest BCUT2D eigenvalue weighted by Crippen LogP contribution is -2.36. The predicted molar refractivity (Wildman–Crippen MR) is 96.1 cm³/mol. The zero-order chi connectivity index (χ0) is 17.2. The predicted octanol–water partition coefficient (Wildman–Crippen LogP) is 3.38. The van der Waals surface area contributed by atoms with E-state index in [0.717, 1.165) is 41.9 Å². The molecule has 0 aliphatic carbocycles. The fourth-order valence-corrected chi connectivity index (χ4v) is 3.21. The van der Waals surface area contributed by atoms with E-state index >= 15 is 0 Å². The molecule has 3 heterocycles. The van der Waals surface area contributed by atoms with E-state index < -0.39 is 0 Å². The molecule has 1 fully saturated rings. The van der Waals surface area contributed by atoms with Gasteiger partial charge in [0.05, 0.1) is 23.1 Å². The van der Waals surface area contributed by atoms with Crippen molar-refractivity contribution >= 4 is 22.6 Å². The van der Waals surface area contributed by atoms with Crippen molar-refractivity contribution in [3.63, 3.8) is 0 Å². The Balaban J connectivity index is 1.56. The maximum Gasteiger partial charge on any atom is 0.230 e. The largest absolute Gasteiger partial charge is 0.378 e. The van der Waals surface area contributed by atoms with Gasteiger partial charge >= 0.3 is 0 Å². The van der Waals surface area contributed by atoms with E-state index in [1.54, 1.807) is 6.20 Å². The SMILES string of the molecule is CC1OCCCC1C(=O)Nc1ccc2nc(-c3ccccn3)[nH]c2c1. The minimum Gasteiger partial charge on any atom is -0.378 e. The summed E-state index contributed by atoms with van der Waals surface area (Å²) in [6.07, 6.45) is 3.49. The summed E-state index contributed by atoms with van der Waals surface area (Å²) < 4.78 is 5.59. The van der Waals surface area contributed by atoms with Crippen LogP contribution in [0.5, 0.6) is 0 Å². The Morgan fingerprint density at radius 1 is 1.32 bits per heavy atom. The maximum absolute atomic E-state index is 12.5. The number of H-pyrrole nitrogens is 1. The molecule has 1 amide bonds. The lowest BCUT2D eigenvalue weighted by Gasteiger charge is -2.28. The molecular formula is C19H20N4O2. The monoisotopic (exact) mass is 336 g/mol. The molecule has 1 aromatic carbocycles. The second-order valence-electron chi connectivity index (χ2n) is 6.35. The van der Waals surface area contributed by atoms with E-state index in [9.17, 15) is 4.79 Å². The Morgan fingerprint density at radius 3 is 3.04 bits per heavy atom. The van der Waals surface area contributed by atoms with Gasteiger partial charge in [0.25, 0.3) is 0 Å². The molecule has 1 aliphatic rings. The Labute approximate surface area is 145 Å². The zero-order valence-electron chi connectivity index (χ0n) is 14.0. The first kappa shape index (κ1) is 15.8. The zero-order valence-corrected chi connectivity index (χ0v) is 14.0. The summed E-state index contributed by atoms with van der Waals surface area (Å²) in [5, 5.41) is 3.00. The van der Waals surface area contributed by atoms with Gasteiger partial charge in [-0.05, 0) is 50.1 Å². The van der Waals surface area contributed by atoms with E-state index in [1.807, 2.05) is 43.3 Å². The maximum atomic E-state index is 12.5. The highest BCUT2D eigenvalue weighted by Crippen LogP contribution is 2.25. The average molecular weight is 336 g/mol. The number of carbonyl (C=O) groups is 1. The third kappa shape index (κ3) is 3.25. The van der Waals surface area contributed by atoms with Crippen molar-refractivity contribution < 1.29 is 9.53 Å². The number of rotatable bonds is 3. The highest BCUT2D eigenvalue weighted by atomic mass is 16.5. The highest BCUT2D eigenvalue weighted by molar-refractivity contribution is 5.95. The van der Waals surface area contributed by atoms with Crippen LogP contribution >= 0.6 is 0 Å². The number of benzene rings is 1. The van der Waals surface area contributed by atoms with E-state index in [1.165, 1.54) is 0 Å². The van der Waals surface area contributed by atoms with Gasteiger partial charge in [-0.3, -0.25) is 9.78 Å². The van der Waals surface area contributed by atoms with Crippen molar-refractivity contribution in [3.8, 4) is 11.5 Å². The number of fused-ring (bicyclic) bond motifs is 1. The van der Waals surface area contributed by atoms with Gasteiger partial charge in [-0.15, -0.1) is 0 Å². The molecule has 2 unspecified atom stereocenters. The van der Waals surface area contributed by atoms with Crippen LogP contribution in [-0.4, -0.2) is 33.6 Å². The summed E-state index contributed by atoms with van der Waals surface area (Å²) in [5.74, 6) is 0.625. The number of imidazole rings is 1. The first-order chi connectivity index (χ1) is 12.2. The highest BCUT2D eigenvalue weighted by Gasteiger charge is 2.28. The van der Waals surface area contributed by atoms with Crippen molar-refractivity contribution in [2.45, 2.75) is 25.9 Å². The number of ether oxygens (including phenoxy) is 1. The molecule has 2 atom stereocenters.